The molecule has 0 fully saturated rings. The molecule has 0 spiro atoms. The van der Waals surface area contributed by atoms with Crippen molar-refractivity contribution in [2.24, 2.45) is 0 Å². The molecule has 4 heteroatoms. The quantitative estimate of drug-likeness (QED) is 0.829. The molecule has 0 N–H and O–H groups in total. The molecule has 1 aromatic heterocycles. The topological polar surface area (TPSA) is 22.1 Å². The van der Waals surface area contributed by atoms with E-state index in [-0.39, 0.29) is 0 Å². The van der Waals surface area contributed by atoms with Gasteiger partial charge in [-0.3, -0.25) is 4.98 Å². The van der Waals surface area contributed by atoms with Gasteiger partial charge in [-0.25, -0.2) is 0 Å². The van der Waals surface area contributed by atoms with Gasteiger partial charge in [-0.2, -0.15) is 0 Å². The first-order valence-electron chi connectivity index (χ1n) is 5.14. The molecule has 2 nitrogen and oxygen atoms in total. The number of ether oxygens (including phenoxy) is 1. The van der Waals surface area contributed by atoms with Crippen LogP contribution in [0, 0.1) is 6.92 Å². The number of pyridine rings is 1. The molecule has 0 unspecified atom stereocenters. The maximum absolute atomic E-state index is 5.91. The highest BCUT2D eigenvalue weighted by atomic mass is 35.5. The van der Waals surface area contributed by atoms with Crippen molar-refractivity contribution in [2.75, 3.05) is 0 Å². The first kappa shape index (κ1) is 12.2. The molecule has 0 atom stereocenters. The molecule has 0 bridgehead atoms. The van der Waals surface area contributed by atoms with Crippen LogP contribution in [0.2, 0.25) is 10.0 Å². The summed E-state index contributed by atoms with van der Waals surface area (Å²) in [6.07, 6.45) is 1.66. The lowest BCUT2D eigenvalue weighted by molar-refractivity contribution is 0.299. The molecule has 1 heterocycles. The Balaban J connectivity index is 2.09. The summed E-state index contributed by atoms with van der Waals surface area (Å²) >= 11 is 11.8. The van der Waals surface area contributed by atoms with Gasteiger partial charge in [0.2, 0.25) is 0 Å². The highest BCUT2D eigenvalue weighted by molar-refractivity contribution is 6.30. The average molecular weight is 268 g/mol. The van der Waals surface area contributed by atoms with Gasteiger partial charge in [0, 0.05) is 16.2 Å². The number of benzene rings is 1. The smallest absolute Gasteiger partial charge is 0.130 e. The minimum atomic E-state index is 0.377. The van der Waals surface area contributed by atoms with E-state index in [9.17, 15) is 0 Å². The van der Waals surface area contributed by atoms with Crippen molar-refractivity contribution in [1.29, 1.82) is 0 Å². The number of hydrogen-bond donors (Lipinski definition) is 0. The van der Waals surface area contributed by atoms with E-state index in [0.29, 0.717) is 16.7 Å². The Bertz CT molecular complexity index is 529. The summed E-state index contributed by atoms with van der Waals surface area (Å²) in [5, 5.41) is 1.31. The summed E-state index contributed by atoms with van der Waals surface area (Å²) < 4.78 is 5.65. The summed E-state index contributed by atoms with van der Waals surface area (Å²) in [5.74, 6) is 0.763. The van der Waals surface area contributed by atoms with Crippen LogP contribution < -0.4 is 4.74 Å². The fourth-order valence-corrected chi connectivity index (χ4v) is 1.75. The maximum Gasteiger partial charge on any atom is 0.130 e. The van der Waals surface area contributed by atoms with Crippen molar-refractivity contribution in [3.8, 4) is 5.75 Å². The van der Waals surface area contributed by atoms with E-state index >= 15 is 0 Å². The molecule has 88 valence electrons. The molecule has 0 radical (unpaired) electrons. The lowest BCUT2D eigenvalue weighted by atomic mass is 10.2. The van der Waals surface area contributed by atoms with Gasteiger partial charge in [0.15, 0.2) is 0 Å². The molecule has 0 amide bonds. The second-order valence-electron chi connectivity index (χ2n) is 3.66. The lowest BCUT2D eigenvalue weighted by Gasteiger charge is -2.09. The predicted octanol–water partition coefficient (Wildman–Crippen LogP) is 4.28. The Morgan fingerprint density at radius 1 is 1.12 bits per heavy atom. The Hall–Kier alpha value is -1.25. The molecule has 2 aromatic rings. The number of aryl methyl sites for hydroxylation is 1. The first-order valence-corrected chi connectivity index (χ1v) is 5.90. The second kappa shape index (κ2) is 5.39. The fraction of sp³-hybridized carbons (Fsp3) is 0.154. The standard InChI is InChI=1S/C13H11Cl2NO/c1-9-2-3-10(14)7-13(9)17-8-12-6-11(15)4-5-16-12/h2-7H,8H2,1H3. The predicted molar refractivity (Wildman–Crippen MR) is 69.8 cm³/mol. The summed E-state index contributed by atoms with van der Waals surface area (Å²) in [7, 11) is 0. The van der Waals surface area contributed by atoms with Crippen molar-refractivity contribution in [3.05, 3.63) is 57.8 Å². The van der Waals surface area contributed by atoms with Gasteiger partial charge in [-0.15, -0.1) is 0 Å². The van der Waals surface area contributed by atoms with Crippen LogP contribution in [0.15, 0.2) is 36.5 Å². The van der Waals surface area contributed by atoms with Crippen LogP contribution in [0.4, 0.5) is 0 Å². The number of nitrogens with zero attached hydrogens (tertiary/aromatic N) is 1. The molecular weight excluding hydrogens is 257 g/mol. The van der Waals surface area contributed by atoms with Gasteiger partial charge >= 0.3 is 0 Å². The van der Waals surface area contributed by atoms with Gasteiger partial charge in [0.1, 0.15) is 12.4 Å². The van der Waals surface area contributed by atoms with Crippen LogP contribution in [0.3, 0.4) is 0 Å². The third-order valence-corrected chi connectivity index (χ3v) is 2.77. The zero-order valence-corrected chi connectivity index (χ0v) is 10.8. The first-order chi connectivity index (χ1) is 8.15. The van der Waals surface area contributed by atoms with Crippen LogP contribution in [-0.2, 0) is 6.61 Å². The highest BCUT2D eigenvalue weighted by Crippen LogP contribution is 2.23. The Kier molecular flexibility index (Phi) is 3.87. The Labute approximate surface area is 110 Å². The number of rotatable bonds is 3. The van der Waals surface area contributed by atoms with E-state index in [2.05, 4.69) is 4.98 Å². The van der Waals surface area contributed by atoms with Crippen molar-refractivity contribution in [3.63, 3.8) is 0 Å². The SMILES string of the molecule is Cc1ccc(Cl)cc1OCc1cc(Cl)ccn1. The summed E-state index contributed by atoms with van der Waals surface area (Å²) in [4.78, 5) is 4.16. The van der Waals surface area contributed by atoms with Crippen molar-refractivity contribution in [2.45, 2.75) is 13.5 Å². The van der Waals surface area contributed by atoms with E-state index in [0.717, 1.165) is 17.0 Å². The Morgan fingerprint density at radius 3 is 2.65 bits per heavy atom. The van der Waals surface area contributed by atoms with E-state index in [1.165, 1.54) is 0 Å². The maximum atomic E-state index is 5.91. The van der Waals surface area contributed by atoms with Gasteiger partial charge in [0.25, 0.3) is 0 Å². The molecule has 1 aromatic carbocycles. The van der Waals surface area contributed by atoms with Crippen LogP contribution >= 0.6 is 23.2 Å². The third kappa shape index (κ3) is 3.35. The molecule has 2 rings (SSSR count). The lowest BCUT2D eigenvalue weighted by Crippen LogP contribution is -1.99. The van der Waals surface area contributed by atoms with Crippen LogP contribution in [0.5, 0.6) is 5.75 Å². The molecule has 17 heavy (non-hydrogen) atoms. The van der Waals surface area contributed by atoms with Crippen molar-refractivity contribution >= 4 is 23.2 Å². The molecular formula is C13H11Cl2NO. The fourth-order valence-electron chi connectivity index (χ4n) is 1.41. The van der Waals surface area contributed by atoms with Gasteiger partial charge in [-0.05, 0) is 36.8 Å². The van der Waals surface area contributed by atoms with E-state index < -0.39 is 0 Å². The largest absolute Gasteiger partial charge is 0.487 e. The third-order valence-electron chi connectivity index (χ3n) is 2.30. The number of halogens is 2. The van der Waals surface area contributed by atoms with Crippen LogP contribution in [0.1, 0.15) is 11.3 Å². The minimum Gasteiger partial charge on any atom is -0.487 e. The van der Waals surface area contributed by atoms with Crippen LogP contribution in [0.25, 0.3) is 0 Å². The summed E-state index contributed by atoms with van der Waals surface area (Å²) in [6.45, 7) is 2.35. The summed E-state index contributed by atoms with van der Waals surface area (Å²) in [6, 6.07) is 9.06. The molecule has 0 saturated heterocycles. The van der Waals surface area contributed by atoms with E-state index in [4.69, 9.17) is 27.9 Å². The average Bonchev–Trinajstić information content (AvgIpc) is 2.30. The molecule has 0 aliphatic carbocycles. The van der Waals surface area contributed by atoms with Gasteiger partial charge < -0.3 is 4.74 Å². The summed E-state index contributed by atoms with van der Waals surface area (Å²) in [5.41, 5.74) is 1.83. The zero-order valence-electron chi connectivity index (χ0n) is 9.28. The molecule has 0 aliphatic rings. The molecule has 0 aliphatic heterocycles. The van der Waals surface area contributed by atoms with Crippen molar-refractivity contribution in [1.82, 2.24) is 4.98 Å². The highest BCUT2D eigenvalue weighted by Gasteiger charge is 2.02. The van der Waals surface area contributed by atoms with E-state index in [1.807, 2.05) is 19.1 Å². The van der Waals surface area contributed by atoms with Gasteiger partial charge in [0.05, 0.1) is 5.69 Å². The Morgan fingerprint density at radius 2 is 1.88 bits per heavy atom. The van der Waals surface area contributed by atoms with Crippen molar-refractivity contribution < 1.29 is 4.74 Å². The second-order valence-corrected chi connectivity index (χ2v) is 4.54. The zero-order chi connectivity index (χ0) is 12.3. The van der Waals surface area contributed by atoms with Gasteiger partial charge in [-0.1, -0.05) is 29.3 Å². The monoisotopic (exact) mass is 267 g/mol. The normalized spacial score (nSPS) is 10.3. The molecule has 0 saturated carbocycles. The minimum absolute atomic E-state index is 0.377. The van der Waals surface area contributed by atoms with Crippen LogP contribution in [-0.4, -0.2) is 4.98 Å². The number of hydrogen-bond acceptors (Lipinski definition) is 2. The van der Waals surface area contributed by atoms with E-state index in [1.54, 1.807) is 24.4 Å². The number of aromatic nitrogens is 1.